The maximum Gasteiger partial charge on any atom is 0.234 e. The maximum absolute atomic E-state index is 10.8. The van der Waals surface area contributed by atoms with Crippen molar-refractivity contribution in [2.45, 2.75) is 16.1 Å². The Morgan fingerprint density at radius 3 is 2.67 bits per heavy atom. The second-order valence-corrected chi connectivity index (χ2v) is 4.16. The van der Waals surface area contributed by atoms with Gasteiger partial charge in [-0.15, -0.1) is 0 Å². The highest BCUT2D eigenvalue weighted by Crippen LogP contribution is 2.20. The topological polar surface area (TPSA) is 29.1 Å². The lowest BCUT2D eigenvalue weighted by Gasteiger charge is -2.21. The summed E-state index contributed by atoms with van der Waals surface area (Å²) in [5.41, 5.74) is 0. The lowest BCUT2D eigenvalue weighted by Crippen LogP contribution is -2.43. The molecule has 0 aromatic carbocycles. The van der Waals surface area contributed by atoms with E-state index in [4.69, 9.17) is 0 Å². The largest absolute Gasteiger partial charge is 0.355 e. The Kier molecular flexibility index (Phi) is 2.52. The van der Waals surface area contributed by atoms with E-state index in [0.29, 0.717) is 4.83 Å². The quantitative estimate of drug-likeness (QED) is 0.645. The third-order valence-corrected chi connectivity index (χ3v) is 4.04. The molecule has 0 bridgehead atoms. The molecular formula is C5H7Br2NO. The van der Waals surface area contributed by atoms with Crippen LogP contribution < -0.4 is 5.32 Å². The van der Waals surface area contributed by atoms with Crippen molar-refractivity contribution in [3.8, 4) is 0 Å². The number of carbonyl (C=O) groups excluding carboxylic acids is 1. The number of alkyl halides is 2. The van der Waals surface area contributed by atoms with Crippen LogP contribution >= 0.6 is 31.9 Å². The number of hydrogen-bond acceptors (Lipinski definition) is 1. The SMILES string of the molecule is O=C1NCCC(Br)C1Br. The molecule has 52 valence electrons. The molecule has 0 spiro atoms. The molecule has 1 amide bonds. The van der Waals surface area contributed by atoms with Crippen LogP contribution in [0.4, 0.5) is 0 Å². The molecule has 1 rings (SSSR count). The molecule has 1 aliphatic rings. The van der Waals surface area contributed by atoms with Crippen molar-refractivity contribution in [3.05, 3.63) is 0 Å². The van der Waals surface area contributed by atoms with Crippen LogP contribution in [0.25, 0.3) is 0 Å². The van der Waals surface area contributed by atoms with Crippen LogP contribution in [0.15, 0.2) is 0 Å². The summed E-state index contributed by atoms with van der Waals surface area (Å²) < 4.78 is 0. The third-order valence-electron chi connectivity index (χ3n) is 1.29. The first-order chi connectivity index (χ1) is 4.22. The van der Waals surface area contributed by atoms with Crippen LogP contribution in [0.5, 0.6) is 0 Å². The Labute approximate surface area is 70.6 Å². The number of halogens is 2. The number of rotatable bonds is 0. The Balaban J connectivity index is 2.51. The molecule has 4 heteroatoms. The van der Waals surface area contributed by atoms with Gasteiger partial charge in [-0.05, 0) is 6.42 Å². The van der Waals surface area contributed by atoms with Crippen molar-refractivity contribution in [1.82, 2.24) is 5.32 Å². The predicted molar refractivity (Wildman–Crippen MR) is 43.1 cm³/mol. The van der Waals surface area contributed by atoms with E-state index in [0.717, 1.165) is 13.0 Å². The van der Waals surface area contributed by atoms with Crippen molar-refractivity contribution < 1.29 is 4.79 Å². The van der Waals surface area contributed by atoms with E-state index in [1.54, 1.807) is 0 Å². The lowest BCUT2D eigenvalue weighted by atomic mass is 10.2. The summed E-state index contributed by atoms with van der Waals surface area (Å²) >= 11 is 6.65. The van der Waals surface area contributed by atoms with Gasteiger partial charge in [-0.1, -0.05) is 31.9 Å². The molecule has 1 aliphatic heterocycles. The van der Waals surface area contributed by atoms with E-state index < -0.39 is 0 Å². The lowest BCUT2D eigenvalue weighted by molar-refractivity contribution is -0.121. The molecule has 2 atom stereocenters. The van der Waals surface area contributed by atoms with Crippen LogP contribution in [0, 0.1) is 0 Å². The first-order valence-electron chi connectivity index (χ1n) is 2.77. The molecule has 0 aromatic heterocycles. The minimum absolute atomic E-state index is 0.0498. The van der Waals surface area contributed by atoms with Gasteiger partial charge in [0.15, 0.2) is 0 Å². The van der Waals surface area contributed by atoms with E-state index in [2.05, 4.69) is 37.2 Å². The fourth-order valence-electron chi connectivity index (χ4n) is 0.741. The smallest absolute Gasteiger partial charge is 0.234 e. The Morgan fingerprint density at radius 2 is 2.22 bits per heavy atom. The van der Waals surface area contributed by atoms with Crippen LogP contribution in [-0.4, -0.2) is 22.1 Å². The second kappa shape index (κ2) is 3.01. The zero-order valence-corrected chi connectivity index (χ0v) is 7.91. The number of piperidine rings is 1. The molecule has 1 saturated heterocycles. The van der Waals surface area contributed by atoms with Gasteiger partial charge in [0.1, 0.15) is 4.83 Å². The van der Waals surface area contributed by atoms with Crippen molar-refractivity contribution in [1.29, 1.82) is 0 Å². The van der Waals surface area contributed by atoms with Crippen LogP contribution in [0.1, 0.15) is 6.42 Å². The molecule has 0 radical (unpaired) electrons. The third kappa shape index (κ3) is 1.67. The highest BCUT2D eigenvalue weighted by Gasteiger charge is 2.26. The summed E-state index contributed by atoms with van der Waals surface area (Å²) in [7, 11) is 0. The minimum Gasteiger partial charge on any atom is -0.355 e. The minimum atomic E-state index is -0.0498. The van der Waals surface area contributed by atoms with E-state index in [1.165, 1.54) is 0 Å². The zero-order chi connectivity index (χ0) is 6.85. The average Bonchev–Trinajstić information content (AvgIpc) is 1.83. The highest BCUT2D eigenvalue weighted by atomic mass is 79.9. The second-order valence-electron chi connectivity index (χ2n) is 2.00. The molecular weight excluding hydrogens is 250 g/mol. The van der Waals surface area contributed by atoms with E-state index >= 15 is 0 Å². The number of amides is 1. The number of carbonyl (C=O) groups is 1. The molecule has 0 saturated carbocycles. The van der Waals surface area contributed by atoms with E-state index in [-0.39, 0.29) is 10.7 Å². The van der Waals surface area contributed by atoms with Gasteiger partial charge < -0.3 is 5.32 Å². The van der Waals surface area contributed by atoms with Gasteiger partial charge in [0, 0.05) is 11.4 Å². The fraction of sp³-hybridized carbons (Fsp3) is 0.800. The van der Waals surface area contributed by atoms with E-state index in [1.807, 2.05) is 0 Å². The van der Waals surface area contributed by atoms with Crippen molar-refractivity contribution in [2.75, 3.05) is 6.54 Å². The molecule has 2 nitrogen and oxygen atoms in total. The molecule has 1 heterocycles. The van der Waals surface area contributed by atoms with Gasteiger partial charge in [0.25, 0.3) is 0 Å². The van der Waals surface area contributed by atoms with Gasteiger partial charge in [0.2, 0.25) is 5.91 Å². The maximum atomic E-state index is 10.8. The summed E-state index contributed by atoms with van der Waals surface area (Å²) in [5, 5.41) is 2.75. The van der Waals surface area contributed by atoms with Gasteiger partial charge >= 0.3 is 0 Å². The summed E-state index contributed by atoms with van der Waals surface area (Å²) in [6, 6.07) is 0. The molecule has 1 fully saturated rings. The standard InChI is InChI=1S/C5H7Br2NO/c6-3-1-2-8-5(9)4(3)7/h3-4H,1-2H2,(H,8,9). The fourth-order valence-corrected chi connectivity index (χ4v) is 1.64. The first-order valence-corrected chi connectivity index (χ1v) is 4.61. The predicted octanol–water partition coefficient (Wildman–Crippen LogP) is 1.03. The summed E-state index contributed by atoms with van der Waals surface area (Å²) in [6.07, 6.45) is 1.00. The zero-order valence-electron chi connectivity index (χ0n) is 4.73. The van der Waals surface area contributed by atoms with Crippen LogP contribution in [0.3, 0.4) is 0 Å². The summed E-state index contributed by atoms with van der Waals surface area (Å²) in [4.78, 5) is 11.1. The molecule has 9 heavy (non-hydrogen) atoms. The monoisotopic (exact) mass is 255 g/mol. The molecule has 0 aliphatic carbocycles. The first kappa shape index (κ1) is 7.54. The van der Waals surface area contributed by atoms with Gasteiger partial charge in [-0.3, -0.25) is 4.79 Å². The number of nitrogens with one attached hydrogen (secondary N) is 1. The number of hydrogen-bond donors (Lipinski definition) is 1. The van der Waals surface area contributed by atoms with Gasteiger partial charge in [-0.2, -0.15) is 0 Å². The molecule has 2 unspecified atom stereocenters. The normalized spacial score (nSPS) is 36.0. The van der Waals surface area contributed by atoms with Crippen LogP contribution in [0.2, 0.25) is 0 Å². The van der Waals surface area contributed by atoms with Crippen LogP contribution in [-0.2, 0) is 4.79 Å². The average molecular weight is 257 g/mol. The molecule has 1 N–H and O–H groups in total. The summed E-state index contributed by atoms with van der Waals surface area (Å²) in [5.74, 6) is 0.0862. The van der Waals surface area contributed by atoms with Crippen molar-refractivity contribution in [2.24, 2.45) is 0 Å². The Morgan fingerprint density at radius 1 is 1.56 bits per heavy atom. The Hall–Kier alpha value is 0.430. The van der Waals surface area contributed by atoms with Crippen molar-refractivity contribution >= 4 is 37.8 Å². The van der Waals surface area contributed by atoms with Crippen molar-refractivity contribution in [3.63, 3.8) is 0 Å². The van der Waals surface area contributed by atoms with Gasteiger partial charge in [0.05, 0.1) is 0 Å². The van der Waals surface area contributed by atoms with E-state index in [9.17, 15) is 4.79 Å². The summed E-state index contributed by atoms with van der Waals surface area (Å²) in [6.45, 7) is 0.789. The highest BCUT2D eigenvalue weighted by molar-refractivity contribution is 9.12. The van der Waals surface area contributed by atoms with Gasteiger partial charge in [-0.25, -0.2) is 0 Å². The Bertz CT molecular complexity index is 128. The molecule has 0 aromatic rings.